The normalized spacial score (nSPS) is 10.5. The molecule has 20 heavy (non-hydrogen) atoms. The maximum absolute atomic E-state index is 11.2. The fraction of sp³-hybridized carbons (Fsp3) is 0.235. The standard InChI is InChI=1S/C17H18O3/c1-12-4-6-14(7-5-12)15-9-13(3-2-8-18)10-16(11-15)17(19)20/h4-7,9-11,18H,2-3,8H2,1H3,(H,19,20). The van der Waals surface area contributed by atoms with E-state index in [4.69, 9.17) is 5.11 Å². The largest absolute Gasteiger partial charge is 0.478 e. The third-order valence-corrected chi connectivity index (χ3v) is 3.25. The molecule has 2 N–H and O–H groups in total. The highest BCUT2D eigenvalue weighted by Crippen LogP contribution is 2.23. The van der Waals surface area contributed by atoms with Crippen molar-refractivity contribution < 1.29 is 15.0 Å². The van der Waals surface area contributed by atoms with E-state index in [0.29, 0.717) is 12.8 Å². The smallest absolute Gasteiger partial charge is 0.335 e. The van der Waals surface area contributed by atoms with Crippen LogP contribution in [0, 0.1) is 6.92 Å². The minimum atomic E-state index is -0.927. The van der Waals surface area contributed by atoms with Gasteiger partial charge in [-0.05, 0) is 48.6 Å². The van der Waals surface area contributed by atoms with Crippen molar-refractivity contribution in [1.29, 1.82) is 0 Å². The molecule has 2 aromatic carbocycles. The third-order valence-electron chi connectivity index (χ3n) is 3.25. The van der Waals surface area contributed by atoms with Gasteiger partial charge < -0.3 is 10.2 Å². The highest BCUT2D eigenvalue weighted by molar-refractivity contribution is 5.89. The van der Waals surface area contributed by atoms with Crippen LogP contribution in [0.4, 0.5) is 0 Å². The van der Waals surface area contributed by atoms with E-state index in [2.05, 4.69) is 0 Å². The molecule has 3 nitrogen and oxygen atoms in total. The van der Waals surface area contributed by atoms with Crippen LogP contribution in [-0.2, 0) is 6.42 Å². The second-order valence-electron chi connectivity index (χ2n) is 4.92. The van der Waals surface area contributed by atoms with Gasteiger partial charge in [-0.2, -0.15) is 0 Å². The van der Waals surface area contributed by atoms with Gasteiger partial charge in [0, 0.05) is 6.61 Å². The number of benzene rings is 2. The SMILES string of the molecule is Cc1ccc(-c2cc(CCCO)cc(C(=O)O)c2)cc1. The molecule has 2 aromatic rings. The Morgan fingerprint density at radius 2 is 1.75 bits per heavy atom. The zero-order chi connectivity index (χ0) is 14.5. The van der Waals surface area contributed by atoms with Crippen molar-refractivity contribution in [3.8, 4) is 11.1 Å². The first-order valence-corrected chi connectivity index (χ1v) is 6.65. The molecule has 0 bridgehead atoms. The number of hydrogen-bond acceptors (Lipinski definition) is 2. The van der Waals surface area contributed by atoms with E-state index in [9.17, 15) is 9.90 Å². The van der Waals surface area contributed by atoms with Crippen LogP contribution < -0.4 is 0 Å². The van der Waals surface area contributed by atoms with Crippen LogP contribution in [0.2, 0.25) is 0 Å². The summed E-state index contributed by atoms with van der Waals surface area (Å²) in [6.07, 6.45) is 1.31. The lowest BCUT2D eigenvalue weighted by Crippen LogP contribution is -1.99. The van der Waals surface area contributed by atoms with Crippen molar-refractivity contribution in [2.45, 2.75) is 19.8 Å². The molecule has 2 rings (SSSR count). The molecule has 0 aliphatic rings. The highest BCUT2D eigenvalue weighted by Gasteiger charge is 2.08. The zero-order valence-electron chi connectivity index (χ0n) is 11.5. The number of aliphatic hydroxyl groups is 1. The van der Waals surface area contributed by atoms with Crippen LogP contribution in [0.25, 0.3) is 11.1 Å². The number of rotatable bonds is 5. The van der Waals surface area contributed by atoms with Gasteiger partial charge in [0.1, 0.15) is 0 Å². The summed E-state index contributed by atoms with van der Waals surface area (Å²) in [6.45, 7) is 2.13. The Hall–Kier alpha value is -2.13. The van der Waals surface area contributed by atoms with Crippen LogP contribution >= 0.6 is 0 Å². The van der Waals surface area contributed by atoms with Crippen molar-refractivity contribution in [2.75, 3.05) is 6.61 Å². The molecular formula is C17H18O3. The van der Waals surface area contributed by atoms with Gasteiger partial charge in [-0.25, -0.2) is 4.79 Å². The van der Waals surface area contributed by atoms with Gasteiger partial charge in [-0.1, -0.05) is 35.9 Å². The van der Waals surface area contributed by atoms with Gasteiger partial charge in [0.15, 0.2) is 0 Å². The van der Waals surface area contributed by atoms with Crippen LogP contribution in [-0.4, -0.2) is 22.8 Å². The summed E-state index contributed by atoms with van der Waals surface area (Å²) in [6, 6.07) is 13.4. The summed E-state index contributed by atoms with van der Waals surface area (Å²) in [5, 5.41) is 18.1. The summed E-state index contributed by atoms with van der Waals surface area (Å²) < 4.78 is 0. The Morgan fingerprint density at radius 3 is 2.35 bits per heavy atom. The average Bonchev–Trinajstić information content (AvgIpc) is 2.45. The Morgan fingerprint density at radius 1 is 1.05 bits per heavy atom. The summed E-state index contributed by atoms with van der Waals surface area (Å²) >= 11 is 0. The molecule has 0 atom stereocenters. The van der Waals surface area contributed by atoms with Gasteiger partial charge in [-0.3, -0.25) is 0 Å². The van der Waals surface area contributed by atoms with E-state index in [1.165, 1.54) is 5.56 Å². The molecule has 0 saturated carbocycles. The van der Waals surface area contributed by atoms with Gasteiger partial charge in [0.2, 0.25) is 0 Å². The first-order valence-electron chi connectivity index (χ1n) is 6.65. The third kappa shape index (κ3) is 3.45. The molecule has 0 heterocycles. The van der Waals surface area contributed by atoms with Gasteiger partial charge in [-0.15, -0.1) is 0 Å². The molecule has 0 aliphatic heterocycles. The van der Waals surface area contributed by atoms with Crippen molar-refractivity contribution in [3.63, 3.8) is 0 Å². The van der Waals surface area contributed by atoms with Gasteiger partial charge in [0.05, 0.1) is 5.56 Å². The number of hydrogen-bond donors (Lipinski definition) is 2. The van der Waals surface area contributed by atoms with E-state index in [-0.39, 0.29) is 12.2 Å². The minimum Gasteiger partial charge on any atom is -0.478 e. The Bertz CT molecular complexity index is 600. The average molecular weight is 270 g/mol. The van der Waals surface area contributed by atoms with E-state index < -0.39 is 5.97 Å². The van der Waals surface area contributed by atoms with Crippen LogP contribution in [0.3, 0.4) is 0 Å². The summed E-state index contributed by atoms with van der Waals surface area (Å²) in [7, 11) is 0. The topological polar surface area (TPSA) is 57.5 Å². The highest BCUT2D eigenvalue weighted by atomic mass is 16.4. The van der Waals surface area contributed by atoms with E-state index >= 15 is 0 Å². The predicted molar refractivity (Wildman–Crippen MR) is 79.0 cm³/mol. The van der Waals surface area contributed by atoms with Crippen molar-refractivity contribution in [3.05, 3.63) is 59.2 Å². The van der Waals surface area contributed by atoms with Crippen molar-refractivity contribution in [1.82, 2.24) is 0 Å². The first-order chi connectivity index (χ1) is 9.60. The summed E-state index contributed by atoms with van der Waals surface area (Å²) in [4.78, 5) is 11.2. The Labute approximate surface area is 118 Å². The number of carboxylic acid groups (broad SMARTS) is 1. The molecule has 104 valence electrons. The lowest BCUT2D eigenvalue weighted by molar-refractivity contribution is 0.0697. The predicted octanol–water partition coefficient (Wildman–Crippen LogP) is 3.29. The fourth-order valence-electron chi connectivity index (χ4n) is 2.16. The van der Waals surface area contributed by atoms with E-state index in [1.807, 2.05) is 37.3 Å². The molecule has 0 amide bonds. The van der Waals surface area contributed by atoms with Crippen LogP contribution in [0.1, 0.15) is 27.9 Å². The second-order valence-corrected chi connectivity index (χ2v) is 4.92. The van der Waals surface area contributed by atoms with E-state index in [0.717, 1.165) is 16.7 Å². The molecule has 3 heteroatoms. The number of carbonyl (C=O) groups is 1. The monoisotopic (exact) mass is 270 g/mol. The number of aromatic carboxylic acids is 1. The maximum atomic E-state index is 11.2. The first kappa shape index (κ1) is 14.3. The van der Waals surface area contributed by atoms with Crippen LogP contribution in [0.15, 0.2) is 42.5 Å². The number of carboxylic acids is 1. The maximum Gasteiger partial charge on any atom is 0.335 e. The van der Waals surface area contributed by atoms with E-state index in [1.54, 1.807) is 12.1 Å². The van der Waals surface area contributed by atoms with Gasteiger partial charge in [0.25, 0.3) is 0 Å². The fourth-order valence-corrected chi connectivity index (χ4v) is 2.16. The molecular weight excluding hydrogens is 252 g/mol. The quantitative estimate of drug-likeness (QED) is 0.876. The molecule has 0 aromatic heterocycles. The molecule has 0 saturated heterocycles. The summed E-state index contributed by atoms with van der Waals surface area (Å²) in [5.41, 5.74) is 4.30. The lowest BCUT2D eigenvalue weighted by atomic mass is 9.97. The Balaban J connectivity index is 2.43. The molecule has 0 spiro atoms. The van der Waals surface area contributed by atoms with Crippen molar-refractivity contribution in [2.24, 2.45) is 0 Å². The second kappa shape index (κ2) is 6.35. The number of aryl methyl sites for hydroxylation is 2. The number of aliphatic hydroxyl groups excluding tert-OH is 1. The molecule has 0 radical (unpaired) electrons. The molecule has 0 aliphatic carbocycles. The van der Waals surface area contributed by atoms with Crippen LogP contribution in [0.5, 0.6) is 0 Å². The Kier molecular flexibility index (Phi) is 4.53. The van der Waals surface area contributed by atoms with Gasteiger partial charge >= 0.3 is 5.97 Å². The minimum absolute atomic E-state index is 0.108. The molecule has 0 fully saturated rings. The molecule has 0 unspecified atom stereocenters. The van der Waals surface area contributed by atoms with Crippen molar-refractivity contribution >= 4 is 5.97 Å². The zero-order valence-corrected chi connectivity index (χ0v) is 11.5. The lowest BCUT2D eigenvalue weighted by Gasteiger charge is -2.08. The summed E-state index contributed by atoms with van der Waals surface area (Å²) in [5.74, 6) is -0.927.